The van der Waals surface area contributed by atoms with Crippen molar-refractivity contribution in [3.63, 3.8) is 0 Å². The summed E-state index contributed by atoms with van der Waals surface area (Å²) < 4.78 is 0. The zero-order chi connectivity index (χ0) is 11.7. The zero-order valence-corrected chi connectivity index (χ0v) is 10.1. The van der Waals surface area contributed by atoms with E-state index in [-0.39, 0.29) is 5.78 Å². The summed E-state index contributed by atoms with van der Waals surface area (Å²) >= 11 is 1.53. The molecule has 0 radical (unpaired) electrons. The molecule has 0 fully saturated rings. The fourth-order valence-electron chi connectivity index (χ4n) is 2.06. The lowest BCUT2D eigenvalue weighted by molar-refractivity contribution is 0.0993. The molecule has 1 aliphatic rings. The van der Waals surface area contributed by atoms with Gasteiger partial charge in [-0.05, 0) is 30.2 Å². The zero-order valence-electron chi connectivity index (χ0n) is 9.27. The van der Waals surface area contributed by atoms with Crippen LogP contribution in [0.25, 0.3) is 0 Å². The molecule has 4 heteroatoms. The molecule has 0 saturated carbocycles. The molecule has 0 spiro atoms. The van der Waals surface area contributed by atoms with Gasteiger partial charge in [-0.3, -0.25) is 4.79 Å². The summed E-state index contributed by atoms with van der Waals surface area (Å²) in [6.45, 7) is 0.972. The molecule has 2 aromatic rings. The Bertz CT molecular complexity index is 549. The molecule has 1 aliphatic heterocycles. The monoisotopic (exact) mass is 244 g/mol. The summed E-state index contributed by atoms with van der Waals surface area (Å²) in [6.07, 6.45) is 3.15. The van der Waals surface area contributed by atoms with Crippen LogP contribution in [0.15, 0.2) is 29.8 Å². The predicted molar refractivity (Wildman–Crippen MR) is 68.8 cm³/mol. The van der Waals surface area contributed by atoms with Crippen molar-refractivity contribution < 1.29 is 4.79 Å². The van der Waals surface area contributed by atoms with Gasteiger partial charge in [-0.25, -0.2) is 4.98 Å². The normalized spacial score (nSPS) is 13.2. The summed E-state index contributed by atoms with van der Waals surface area (Å²) in [6, 6.07) is 5.90. The third kappa shape index (κ3) is 2.08. The van der Waals surface area contributed by atoms with Crippen LogP contribution in [0.4, 0.5) is 5.69 Å². The Morgan fingerprint density at radius 2 is 2.41 bits per heavy atom. The van der Waals surface area contributed by atoms with Gasteiger partial charge in [0, 0.05) is 29.4 Å². The van der Waals surface area contributed by atoms with E-state index in [0.29, 0.717) is 6.42 Å². The first-order valence-corrected chi connectivity index (χ1v) is 6.49. The van der Waals surface area contributed by atoms with E-state index < -0.39 is 0 Å². The fraction of sp³-hybridized carbons (Fsp3) is 0.231. The van der Waals surface area contributed by atoms with Crippen molar-refractivity contribution in [3.8, 4) is 0 Å². The van der Waals surface area contributed by atoms with Crippen LogP contribution in [-0.2, 0) is 12.8 Å². The molecular weight excluding hydrogens is 232 g/mol. The van der Waals surface area contributed by atoms with Crippen LogP contribution in [0, 0.1) is 0 Å². The summed E-state index contributed by atoms with van der Waals surface area (Å²) in [7, 11) is 0. The van der Waals surface area contributed by atoms with Gasteiger partial charge in [0.15, 0.2) is 5.78 Å². The molecule has 1 aromatic heterocycles. The van der Waals surface area contributed by atoms with Crippen LogP contribution in [0.1, 0.15) is 20.9 Å². The maximum Gasteiger partial charge on any atom is 0.169 e. The minimum atomic E-state index is 0.148. The van der Waals surface area contributed by atoms with E-state index in [1.165, 1.54) is 16.9 Å². The third-order valence-electron chi connectivity index (χ3n) is 2.93. The van der Waals surface area contributed by atoms with Crippen molar-refractivity contribution in [2.75, 3.05) is 11.9 Å². The number of aromatic nitrogens is 1. The topological polar surface area (TPSA) is 42.0 Å². The molecular formula is C13H12N2OS. The van der Waals surface area contributed by atoms with Crippen molar-refractivity contribution >= 4 is 22.8 Å². The molecule has 0 atom stereocenters. The molecule has 1 N–H and O–H groups in total. The van der Waals surface area contributed by atoms with E-state index in [4.69, 9.17) is 0 Å². The molecule has 3 nitrogen and oxygen atoms in total. The Labute approximate surface area is 104 Å². The van der Waals surface area contributed by atoms with Gasteiger partial charge in [-0.15, -0.1) is 11.3 Å². The Hall–Kier alpha value is -1.68. The van der Waals surface area contributed by atoms with Crippen LogP contribution in [0.2, 0.25) is 0 Å². The van der Waals surface area contributed by atoms with Gasteiger partial charge in [-0.2, -0.15) is 0 Å². The molecule has 86 valence electrons. The van der Waals surface area contributed by atoms with Gasteiger partial charge >= 0.3 is 0 Å². The van der Waals surface area contributed by atoms with Crippen molar-refractivity contribution in [1.29, 1.82) is 0 Å². The van der Waals surface area contributed by atoms with Crippen molar-refractivity contribution in [2.24, 2.45) is 0 Å². The fourth-order valence-corrected chi connectivity index (χ4v) is 2.67. The van der Waals surface area contributed by atoms with Crippen molar-refractivity contribution in [2.45, 2.75) is 12.8 Å². The first-order valence-electron chi connectivity index (χ1n) is 5.61. The molecule has 2 heterocycles. The van der Waals surface area contributed by atoms with Gasteiger partial charge in [0.25, 0.3) is 0 Å². The Morgan fingerprint density at radius 1 is 1.47 bits per heavy atom. The van der Waals surface area contributed by atoms with Crippen LogP contribution in [-0.4, -0.2) is 17.3 Å². The van der Waals surface area contributed by atoms with Gasteiger partial charge in [0.2, 0.25) is 0 Å². The van der Waals surface area contributed by atoms with Gasteiger partial charge < -0.3 is 5.32 Å². The number of carbonyl (C=O) groups is 1. The second kappa shape index (κ2) is 4.30. The number of Topliss-reactive ketones (excluding diaryl/α,β-unsaturated/α-hetero) is 1. The largest absolute Gasteiger partial charge is 0.384 e. The SMILES string of the molecule is O=C(Cc1nccs1)c1ccc2c(c1)CCN2. The van der Waals surface area contributed by atoms with Gasteiger partial charge in [-0.1, -0.05) is 0 Å². The first kappa shape index (κ1) is 10.5. The lowest BCUT2D eigenvalue weighted by Crippen LogP contribution is -2.03. The molecule has 0 aliphatic carbocycles. The second-order valence-corrected chi connectivity index (χ2v) is 5.05. The maximum atomic E-state index is 12.1. The second-order valence-electron chi connectivity index (χ2n) is 4.07. The van der Waals surface area contributed by atoms with E-state index in [9.17, 15) is 4.79 Å². The van der Waals surface area contributed by atoms with Crippen LogP contribution < -0.4 is 5.32 Å². The number of thiazole rings is 1. The van der Waals surface area contributed by atoms with Crippen molar-refractivity contribution in [1.82, 2.24) is 4.98 Å². The number of hydrogen-bond donors (Lipinski definition) is 1. The van der Waals surface area contributed by atoms with Crippen LogP contribution in [0.5, 0.6) is 0 Å². The highest BCUT2D eigenvalue weighted by Gasteiger charge is 2.14. The minimum Gasteiger partial charge on any atom is -0.384 e. The highest BCUT2D eigenvalue weighted by Crippen LogP contribution is 2.23. The molecule has 0 saturated heterocycles. The van der Waals surface area contributed by atoms with Crippen molar-refractivity contribution in [3.05, 3.63) is 45.9 Å². The van der Waals surface area contributed by atoms with E-state index in [2.05, 4.69) is 10.3 Å². The Kier molecular flexibility index (Phi) is 2.65. The number of rotatable bonds is 3. The van der Waals surface area contributed by atoms with Gasteiger partial charge in [0.1, 0.15) is 5.01 Å². The Balaban J connectivity index is 1.82. The minimum absolute atomic E-state index is 0.148. The average molecular weight is 244 g/mol. The number of nitrogens with zero attached hydrogens (tertiary/aromatic N) is 1. The number of ketones is 1. The maximum absolute atomic E-state index is 12.1. The summed E-state index contributed by atoms with van der Waals surface area (Å²) in [5, 5.41) is 6.07. The Morgan fingerprint density at radius 3 is 3.24 bits per heavy atom. The predicted octanol–water partition coefficient (Wildman–Crippen LogP) is 2.54. The number of carbonyl (C=O) groups excluding carboxylic acids is 1. The lowest BCUT2D eigenvalue weighted by atomic mass is 10.0. The standard InChI is InChI=1S/C13H12N2OS/c16-12(8-13-15-5-6-17-13)10-1-2-11-9(7-10)3-4-14-11/h1-2,5-7,14H,3-4,8H2. The van der Waals surface area contributed by atoms with E-state index in [0.717, 1.165) is 29.2 Å². The molecule has 3 rings (SSSR count). The molecule has 17 heavy (non-hydrogen) atoms. The molecule has 0 unspecified atom stereocenters. The smallest absolute Gasteiger partial charge is 0.169 e. The van der Waals surface area contributed by atoms with Crippen LogP contribution in [0.3, 0.4) is 0 Å². The van der Waals surface area contributed by atoms with Gasteiger partial charge in [0.05, 0.1) is 6.42 Å². The third-order valence-corrected chi connectivity index (χ3v) is 3.71. The molecule has 1 aromatic carbocycles. The quantitative estimate of drug-likeness (QED) is 0.844. The highest BCUT2D eigenvalue weighted by molar-refractivity contribution is 7.09. The lowest BCUT2D eigenvalue weighted by Gasteiger charge is -2.03. The summed E-state index contributed by atoms with van der Waals surface area (Å²) in [5.41, 5.74) is 3.20. The number of nitrogens with one attached hydrogen (secondary N) is 1. The first-order chi connectivity index (χ1) is 8.33. The average Bonchev–Trinajstić information content (AvgIpc) is 2.97. The molecule has 0 bridgehead atoms. The summed E-state index contributed by atoms with van der Waals surface area (Å²) in [5.74, 6) is 0.148. The van der Waals surface area contributed by atoms with E-state index in [1.54, 1.807) is 6.20 Å². The number of benzene rings is 1. The van der Waals surface area contributed by atoms with Crippen LogP contribution >= 0.6 is 11.3 Å². The number of fused-ring (bicyclic) bond motifs is 1. The molecule has 0 amide bonds. The van der Waals surface area contributed by atoms with E-state index in [1.807, 2.05) is 23.6 Å². The highest BCUT2D eigenvalue weighted by atomic mass is 32.1. The number of hydrogen-bond acceptors (Lipinski definition) is 4. The summed E-state index contributed by atoms with van der Waals surface area (Å²) in [4.78, 5) is 16.2. The number of anilines is 1. The van der Waals surface area contributed by atoms with E-state index >= 15 is 0 Å².